The van der Waals surface area contributed by atoms with Crippen molar-refractivity contribution in [2.45, 2.75) is 0 Å². The monoisotopic (exact) mass is 192 g/mol. The Morgan fingerprint density at radius 3 is 2.43 bits per heavy atom. The Kier molecular flexibility index (Phi) is 3.73. The molecule has 0 unspecified atom stereocenters. The molecule has 0 atom stereocenters. The molecule has 74 valence electrons. The van der Waals surface area contributed by atoms with Crippen molar-refractivity contribution in [3.63, 3.8) is 0 Å². The van der Waals surface area contributed by atoms with Crippen LogP contribution in [0.2, 0.25) is 0 Å². The van der Waals surface area contributed by atoms with E-state index in [2.05, 4.69) is 0 Å². The van der Waals surface area contributed by atoms with Gasteiger partial charge in [-0.2, -0.15) is 0 Å². The van der Waals surface area contributed by atoms with Crippen molar-refractivity contribution in [3.05, 3.63) is 29.8 Å². The first kappa shape index (κ1) is 10.3. The van der Waals surface area contributed by atoms with Crippen LogP contribution in [0.5, 0.6) is 11.5 Å². The maximum Gasteiger partial charge on any atom is 0.161 e. The van der Waals surface area contributed by atoms with Gasteiger partial charge in [-0.25, -0.2) is 0 Å². The first-order chi connectivity index (χ1) is 6.81. The van der Waals surface area contributed by atoms with E-state index in [0.29, 0.717) is 11.5 Å². The fraction of sp³-hybridized carbons (Fsp3) is 0.182. The van der Waals surface area contributed by atoms with Crippen LogP contribution in [0.3, 0.4) is 0 Å². The summed E-state index contributed by atoms with van der Waals surface area (Å²) in [5.41, 5.74) is 0.898. The average Bonchev–Trinajstić information content (AvgIpc) is 2.25. The molecule has 1 aromatic carbocycles. The van der Waals surface area contributed by atoms with Gasteiger partial charge in [0.2, 0.25) is 0 Å². The largest absolute Gasteiger partial charge is 0.493 e. The van der Waals surface area contributed by atoms with E-state index in [0.717, 1.165) is 11.8 Å². The third-order valence-electron chi connectivity index (χ3n) is 1.77. The van der Waals surface area contributed by atoms with Crippen molar-refractivity contribution in [3.8, 4) is 11.5 Å². The molecule has 1 rings (SSSR count). The zero-order chi connectivity index (χ0) is 10.4. The molecule has 0 fully saturated rings. The molecule has 3 heteroatoms. The van der Waals surface area contributed by atoms with Crippen molar-refractivity contribution in [2.75, 3.05) is 14.2 Å². The van der Waals surface area contributed by atoms with Crippen LogP contribution in [-0.4, -0.2) is 20.5 Å². The Morgan fingerprint density at radius 2 is 1.86 bits per heavy atom. The van der Waals surface area contributed by atoms with Crippen molar-refractivity contribution in [1.82, 2.24) is 0 Å². The van der Waals surface area contributed by atoms with Crippen molar-refractivity contribution < 1.29 is 14.3 Å². The molecule has 0 aliphatic carbocycles. The minimum absolute atomic E-state index is 0.653. The van der Waals surface area contributed by atoms with Gasteiger partial charge in [0.1, 0.15) is 6.29 Å². The number of aldehydes is 1. The standard InChI is InChI=1S/C11H12O3/c1-13-10-6-5-9(4-3-7-12)8-11(10)14-2/h3-8H,1-2H3/b4-3+. The van der Waals surface area contributed by atoms with Gasteiger partial charge in [0.05, 0.1) is 14.2 Å². The number of carbonyl (C=O) groups is 1. The number of rotatable bonds is 4. The second kappa shape index (κ2) is 5.07. The van der Waals surface area contributed by atoms with E-state index in [-0.39, 0.29) is 0 Å². The van der Waals surface area contributed by atoms with Gasteiger partial charge in [-0.05, 0) is 23.8 Å². The Morgan fingerprint density at radius 1 is 1.14 bits per heavy atom. The summed E-state index contributed by atoms with van der Waals surface area (Å²) in [5, 5.41) is 0. The zero-order valence-electron chi connectivity index (χ0n) is 8.19. The highest BCUT2D eigenvalue weighted by atomic mass is 16.5. The lowest BCUT2D eigenvalue weighted by Crippen LogP contribution is -1.90. The number of allylic oxidation sites excluding steroid dienone is 1. The van der Waals surface area contributed by atoms with Crippen LogP contribution in [0.1, 0.15) is 5.56 Å². The highest BCUT2D eigenvalue weighted by Crippen LogP contribution is 2.27. The highest BCUT2D eigenvalue weighted by Gasteiger charge is 2.01. The molecule has 0 amide bonds. The molecule has 0 aromatic heterocycles. The SMILES string of the molecule is COc1ccc(/C=C/C=O)cc1OC. The van der Waals surface area contributed by atoms with E-state index in [1.54, 1.807) is 32.4 Å². The van der Waals surface area contributed by atoms with E-state index in [1.807, 2.05) is 6.07 Å². The fourth-order valence-corrected chi connectivity index (χ4v) is 1.11. The molecule has 0 N–H and O–H groups in total. The number of methoxy groups -OCH3 is 2. The molecule has 0 aliphatic heterocycles. The number of hydrogen-bond donors (Lipinski definition) is 0. The Balaban J connectivity index is 3.00. The van der Waals surface area contributed by atoms with Crippen LogP contribution in [0.15, 0.2) is 24.3 Å². The lowest BCUT2D eigenvalue weighted by Gasteiger charge is -2.07. The van der Waals surface area contributed by atoms with Crippen LogP contribution in [0.4, 0.5) is 0 Å². The van der Waals surface area contributed by atoms with E-state index in [9.17, 15) is 4.79 Å². The van der Waals surface area contributed by atoms with Gasteiger partial charge in [0.25, 0.3) is 0 Å². The van der Waals surface area contributed by atoms with E-state index in [4.69, 9.17) is 9.47 Å². The quantitative estimate of drug-likeness (QED) is 0.540. The topological polar surface area (TPSA) is 35.5 Å². The average molecular weight is 192 g/mol. The first-order valence-corrected chi connectivity index (χ1v) is 4.15. The molecule has 0 heterocycles. The molecule has 0 spiro atoms. The first-order valence-electron chi connectivity index (χ1n) is 4.15. The summed E-state index contributed by atoms with van der Waals surface area (Å²) >= 11 is 0. The summed E-state index contributed by atoms with van der Waals surface area (Å²) in [6.45, 7) is 0. The molecule has 0 bridgehead atoms. The van der Waals surface area contributed by atoms with Gasteiger partial charge in [-0.3, -0.25) is 4.79 Å². The van der Waals surface area contributed by atoms with Gasteiger partial charge < -0.3 is 9.47 Å². The molecule has 1 aromatic rings. The second-order valence-electron chi connectivity index (χ2n) is 2.61. The summed E-state index contributed by atoms with van der Waals surface area (Å²) in [5.74, 6) is 1.33. The normalized spacial score (nSPS) is 10.1. The minimum atomic E-state index is 0.653. The zero-order valence-corrected chi connectivity index (χ0v) is 8.19. The lowest BCUT2D eigenvalue weighted by molar-refractivity contribution is -0.104. The molecule has 0 saturated heterocycles. The van der Waals surface area contributed by atoms with E-state index < -0.39 is 0 Å². The number of benzene rings is 1. The third kappa shape index (κ3) is 2.36. The van der Waals surface area contributed by atoms with Gasteiger partial charge >= 0.3 is 0 Å². The summed E-state index contributed by atoms with van der Waals surface area (Å²) in [7, 11) is 3.16. The summed E-state index contributed by atoms with van der Waals surface area (Å²) in [6, 6.07) is 5.45. The second-order valence-corrected chi connectivity index (χ2v) is 2.61. The van der Waals surface area contributed by atoms with E-state index in [1.165, 1.54) is 6.08 Å². The maximum atomic E-state index is 10.1. The Hall–Kier alpha value is -1.77. The smallest absolute Gasteiger partial charge is 0.161 e. The fourth-order valence-electron chi connectivity index (χ4n) is 1.11. The minimum Gasteiger partial charge on any atom is -0.493 e. The van der Waals surface area contributed by atoms with Gasteiger partial charge in [-0.15, -0.1) is 0 Å². The van der Waals surface area contributed by atoms with Crippen LogP contribution >= 0.6 is 0 Å². The third-order valence-corrected chi connectivity index (χ3v) is 1.77. The summed E-state index contributed by atoms with van der Waals surface area (Å²) < 4.78 is 10.2. The Bertz CT molecular complexity index is 342. The lowest BCUT2D eigenvalue weighted by atomic mass is 10.2. The summed E-state index contributed by atoms with van der Waals surface area (Å²) in [4.78, 5) is 10.1. The van der Waals surface area contributed by atoms with E-state index >= 15 is 0 Å². The van der Waals surface area contributed by atoms with Crippen molar-refractivity contribution >= 4 is 12.4 Å². The molecule has 14 heavy (non-hydrogen) atoms. The molecular formula is C11H12O3. The van der Waals surface area contributed by atoms with Crippen LogP contribution in [0.25, 0.3) is 6.08 Å². The maximum absolute atomic E-state index is 10.1. The van der Waals surface area contributed by atoms with Gasteiger partial charge in [0.15, 0.2) is 11.5 Å². The van der Waals surface area contributed by atoms with Crippen LogP contribution in [0, 0.1) is 0 Å². The van der Waals surface area contributed by atoms with Crippen molar-refractivity contribution in [1.29, 1.82) is 0 Å². The molecule has 0 saturated carbocycles. The van der Waals surface area contributed by atoms with Crippen LogP contribution in [-0.2, 0) is 4.79 Å². The van der Waals surface area contributed by atoms with Crippen LogP contribution < -0.4 is 9.47 Å². The summed E-state index contributed by atoms with van der Waals surface area (Å²) in [6.07, 6.45) is 3.87. The molecule has 0 radical (unpaired) electrons. The highest BCUT2D eigenvalue weighted by molar-refractivity contribution is 5.74. The number of carbonyl (C=O) groups excluding carboxylic acids is 1. The van der Waals surface area contributed by atoms with Gasteiger partial charge in [0, 0.05) is 0 Å². The van der Waals surface area contributed by atoms with Crippen molar-refractivity contribution in [2.24, 2.45) is 0 Å². The molecule has 0 aliphatic rings. The Labute approximate surface area is 83.0 Å². The predicted octanol–water partition coefficient (Wildman–Crippen LogP) is 1.92. The van der Waals surface area contributed by atoms with Gasteiger partial charge in [-0.1, -0.05) is 12.1 Å². The number of ether oxygens (including phenoxy) is 2. The molecular weight excluding hydrogens is 180 g/mol. The predicted molar refractivity (Wildman–Crippen MR) is 54.6 cm³/mol. The number of hydrogen-bond acceptors (Lipinski definition) is 3. The molecule has 3 nitrogen and oxygen atoms in total.